The molecule has 0 radical (unpaired) electrons. The van der Waals surface area contributed by atoms with Crippen LogP contribution in [0.1, 0.15) is 41.5 Å². The highest BCUT2D eigenvalue weighted by Crippen LogP contribution is 2.39. The van der Waals surface area contributed by atoms with Crippen LogP contribution in [0.2, 0.25) is 0 Å². The predicted molar refractivity (Wildman–Crippen MR) is 69.5 cm³/mol. The molecule has 0 heterocycles. The molecule has 0 amide bonds. The minimum atomic E-state index is 1.21. The van der Waals surface area contributed by atoms with E-state index in [2.05, 4.69) is 38.1 Å². The molecule has 0 unspecified atom stereocenters. The molecule has 0 saturated heterocycles. The van der Waals surface area contributed by atoms with Gasteiger partial charge in [0.25, 0.3) is 0 Å². The minimum absolute atomic E-state index is 1.21. The standard InChI is InChI=1S/C16H18/c1-11-9-12(2)14-8-7-13-5-3-4-6-15(13)16(14)10-11/h5-6,9-10H,3-4,7-8H2,1-2H3. The molecular formula is C16H18. The second-order valence-corrected chi connectivity index (χ2v) is 5.03. The Morgan fingerprint density at radius 3 is 2.62 bits per heavy atom. The summed E-state index contributed by atoms with van der Waals surface area (Å²) in [7, 11) is 0. The zero-order valence-corrected chi connectivity index (χ0v) is 10.1. The zero-order chi connectivity index (χ0) is 11.1. The predicted octanol–water partition coefficient (Wildman–Crippen LogP) is 4.35. The zero-order valence-electron chi connectivity index (χ0n) is 10.1. The average Bonchev–Trinajstić information content (AvgIpc) is 2.28. The van der Waals surface area contributed by atoms with Crippen molar-refractivity contribution in [2.45, 2.75) is 39.5 Å². The Morgan fingerprint density at radius 1 is 0.938 bits per heavy atom. The van der Waals surface area contributed by atoms with Crippen molar-refractivity contribution in [2.24, 2.45) is 0 Å². The van der Waals surface area contributed by atoms with Gasteiger partial charge in [-0.15, -0.1) is 0 Å². The molecule has 1 aromatic carbocycles. The summed E-state index contributed by atoms with van der Waals surface area (Å²) in [4.78, 5) is 0. The SMILES string of the molecule is Cc1cc(C)c2c(c1)C1=CCCC=C1CC2. The topological polar surface area (TPSA) is 0 Å². The van der Waals surface area contributed by atoms with Gasteiger partial charge in [0.15, 0.2) is 0 Å². The monoisotopic (exact) mass is 210 g/mol. The van der Waals surface area contributed by atoms with E-state index < -0.39 is 0 Å². The van der Waals surface area contributed by atoms with E-state index in [1.54, 1.807) is 11.1 Å². The summed E-state index contributed by atoms with van der Waals surface area (Å²) in [5.41, 5.74) is 9.07. The lowest BCUT2D eigenvalue weighted by Gasteiger charge is -2.26. The molecule has 0 atom stereocenters. The summed E-state index contributed by atoms with van der Waals surface area (Å²) >= 11 is 0. The Morgan fingerprint density at radius 2 is 1.75 bits per heavy atom. The normalized spacial score (nSPS) is 18.4. The molecule has 2 aliphatic carbocycles. The summed E-state index contributed by atoms with van der Waals surface area (Å²) in [5, 5.41) is 0. The second kappa shape index (κ2) is 3.62. The van der Waals surface area contributed by atoms with Crippen molar-refractivity contribution in [1.29, 1.82) is 0 Å². The molecule has 0 nitrogen and oxygen atoms in total. The van der Waals surface area contributed by atoms with Gasteiger partial charge in [0.1, 0.15) is 0 Å². The highest BCUT2D eigenvalue weighted by Gasteiger charge is 2.21. The van der Waals surface area contributed by atoms with Gasteiger partial charge in [-0.25, -0.2) is 0 Å². The van der Waals surface area contributed by atoms with Crippen LogP contribution in [0, 0.1) is 13.8 Å². The molecule has 2 aliphatic rings. The molecule has 0 fully saturated rings. The van der Waals surface area contributed by atoms with Crippen LogP contribution in [0.5, 0.6) is 0 Å². The van der Waals surface area contributed by atoms with Gasteiger partial charge in [-0.1, -0.05) is 29.8 Å². The maximum atomic E-state index is 2.44. The van der Waals surface area contributed by atoms with Crippen LogP contribution < -0.4 is 0 Å². The van der Waals surface area contributed by atoms with Crippen molar-refractivity contribution in [3.8, 4) is 0 Å². The fourth-order valence-corrected chi connectivity index (χ4v) is 3.08. The number of fused-ring (bicyclic) bond motifs is 3. The van der Waals surface area contributed by atoms with Crippen molar-refractivity contribution >= 4 is 5.57 Å². The van der Waals surface area contributed by atoms with E-state index in [1.165, 1.54) is 47.9 Å². The number of aryl methyl sites for hydroxylation is 2. The Balaban J connectivity index is 2.22. The molecular weight excluding hydrogens is 192 g/mol. The van der Waals surface area contributed by atoms with Crippen molar-refractivity contribution in [3.63, 3.8) is 0 Å². The Kier molecular flexibility index (Phi) is 2.24. The van der Waals surface area contributed by atoms with Gasteiger partial charge < -0.3 is 0 Å². The molecule has 0 N–H and O–H groups in total. The molecule has 0 saturated carbocycles. The molecule has 0 aliphatic heterocycles. The van der Waals surface area contributed by atoms with Gasteiger partial charge in [0.2, 0.25) is 0 Å². The molecule has 0 spiro atoms. The minimum Gasteiger partial charge on any atom is -0.0804 e. The first-order chi connectivity index (χ1) is 7.75. The second-order valence-electron chi connectivity index (χ2n) is 5.03. The average molecular weight is 210 g/mol. The van der Waals surface area contributed by atoms with Gasteiger partial charge in [-0.3, -0.25) is 0 Å². The summed E-state index contributed by atoms with van der Waals surface area (Å²) < 4.78 is 0. The molecule has 1 aromatic rings. The van der Waals surface area contributed by atoms with Crippen LogP contribution in [-0.2, 0) is 6.42 Å². The van der Waals surface area contributed by atoms with E-state index in [1.807, 2.05) is 0 Å². The Bertz CT molecular complexity index is 501. The smallest absolute Gasteiger partial charge is 0.0147 e. The first kappa shape index (κ1) is 9.89. The highest BCUT2D eigenvalue weighted by molar-refractivity contribution is 5.84. The van der Waals surface area contributed by atoms with Crippen molar-refractivity contribution in [3.05, 3.63) is 52.1 Å². The number of hydrogen-bond acceptors (Lipinski definition) is 0. The van der Waals surface area contributed by atoms with Crippen LogP contribution in [0.4, 0.5) is 0 Å². The summed E-state index contributed by atoms with van der Waals surface area (Å²) in [5.74, 6) is 0. The fraction of sp³-hybridized carbons (Fsp3) is 0.375. The molecule has 82 valence electrons. The molecule has 0 bridgehead atoms. The third-order valence-corrected chi connectivity index (χ3v) is 3.80. The van der Waals surface area contributed by atoms with Crippen molar-refractivity contribution < 1.29 is 0 Å². The van der Waals surface area contributed by atoms with E-state index in [-0.39, 0.29) is 0 Å². The lowest BCUT2D eigenvalue weighted by atomic mass is 9.78. The van der Waals surface area contributed by atoms with Gasteiger partial charge in [0.05, 0.1) is 0 Å². The van der Waals surface area contributed by atoms with Gasteiger partial charge in [-0.05, 0) is 67.4 Å². The summed E-state index contributed by atoms with van der Waals surface area (Å²) in [6.45, 7) is 4.46. The van der Waals surface area contributed by atoms with E-state index >= 15 is 0 Å². The van der Waals surface area contributed by atoms with E-state index in [9.17, 15) is 0 Å². The third kappa shape index (κ3) is 1.44. The first-order valence-electron chi connectivity index (χ1n) is 6.26. The molecule has 16 heavy (non-hydrogen) atoms. The highest BCUT2D eigenvalue weighted by atomic mass is 14.3. The quantitative estimate of drug-likeness (QED) is 0.597. The van der Waals surface area contributed by atoms with Crippen LogP contribution in [-0.4, -0.2) is 0 Å². The van der Waals surface area contributed by atoms with Crippen molar-refractivity contribution in [2.75, 3.05) is 0 Å². The number of allylic oxidation sites excluding steroid dienone is 4. The summed E-state index contributed by atoms with van der Waals surface area (Å²) in [6.07, 6.45) is 9.79. The molecule has 0 aromatic heterocycles. The van der Waals surface area contributed by atoms with Crippen LogP contribution >= 0.6 is 0 Å². The van der Waals surface area contributed by atoms with Crippen LogP contribution in [0.25, 0.3) is 5.57 Å². The van der Waals surface area contributed by atoms with E-state index in [4.69, 9.17) is 0 Å². The Labute approximate surface area is 97.7 Å². The summed E-state index contributed by atoms with van der Waals surface area (Å²) in [6, 6.07) is 4.68. The van der Waals surface area contributed by atoms with E-state index in [0.717, 1.165) is 0 Å². The Hall–Kier alpha value is -1.30. The fourth-order valence-electron chi connectivity index (χ4n) is 3.08. The first-order valence-corrected chi connectivity index (χ1v) is 6.26. The van der Waals surface area contributed by atoms with Gasteiger partial charge >= 0.3 is 0 Å². The maximum Gasteiger partial charge on any atom is -0.0147 e. The number of benzene rings is 1. The van der Waals surface area contributed by atoms with Crippen LogP contribution in [0.15, 0.2) is 29.9 Å². The van der Waals surface area contributed by atoms with E-state index in [0.29, 0.717) is 0 Å². The molecule has 3 rings (SSSR count). The van der Waals surface area contributed by atoms with Gasteiger partial charge in [0, 0.05) is 0 Å². The third-order valence-electron chi connectivity index (χ3n) is 3.80. The van der Waals surface area contributed by atoms with Crippen LogP contribution in [0.3, 0.4) is 0 Å². The molecule has 0 heteroatoms. The van der Waals surface area contributed by atoms with Crippen molar-refractivity contribution in [1.82, 2.24) is 0 Å². The largest absolute Gasteiger partial charge is 0.0804 e. The maximum absolute atomic E-state index is 2.44. The lowest BCUT2D eigenvalue weighted by Crippen LogP contribution is -2.09. The number of rotatable bonds is 0. The number of hydrogen-bond donors (Lipinski definition) is 0. The lowest BCUT2D eigenvalue weighted by molar-refractivity contribution is 0.891. The van der Waals surface area contributed by atoms with Gasteiger partial charge in [-0.2, -0.15) is 0 Å².